The first-order valence-electron chi connectivity index (χ1n) is 7.69. The summed E-state index contributed by atoms with van der Waals surface area (Å²) in [6.45, 7) is 0. The number of hydrogen-bond donors (Lipinski definition) is 1. The van der Waals surface area contributed by atoms with Gasteiger partial charge >= 0.3 is 0 Å². The Morgan fingerprint density at radius 3 is 2.74 bits per heavy atom. The Morgan fingerprint density at radius 1 is 1.17 bits per heavy atom. The van der Waals surface area contributed by atoms with Crippen LogP contribution in [-0.2, 0) is 11.2 Å². The molecule has 1 unspecified atom stereocenters. The fraction of sp³-hybridized carbons (Fsp3) is 0.278. The quantitative estimate of drug-likeness (QED) is 0.771. The van der Waals surface area contributed by atoms with Gasteiger partial charge in [0.1, 0.15) is 11.9 Å². The Labute approximate surface area is 148 Å². The number of halogens is 1. The number of nitrogens with one attached hydrogen (secondary N) is 1. The SMILES string of the molecule is O=C1CC(c2ccc(O[C@@H]3CCc4c(Br)cccc43)cc2)SN1. The Hall–Kier alpha value is -1.46. The van der Waals surface area contributed by atoms with Crippen molar-refractivity contribution in [3.05, 3.63) is 63.6 Å². The summed E-state index contributed by atoms with van der Waals surface area (Å²) >= 11 is 5.11. The zero-order valence-electron chi connectivity index (χ0n) is 12.4. The molecule has 1 saturated heterocycles. The Bertz CT molecular complexity index is 747. The second-order valence-corrected chi connectivity index (χ2v) is 7.72. The zero-order valence-corrected chi connectivity index (χ0v) is 14.8. The second kappa shape index (κ2) is 6.21. The van der Waals surface area contributed by atoms with Crippen LogP contribution in [0.15, 0.2) is 46.9 Å². The van der Waals surface area contributed by atoms with Crippen molar-refractivity contribution in [1.82, 2.24) is 4.72 Å². The Balaban J connectivity index is 1.48. The minimum atomic E-state index is 0.105. The summed E-state index contributed by atoms with van der Waals surface area (Å²) < 4.78 is 10.2. The predicted molar refractivity (Wildman–Crippen MR) is 95.4 cm³/mol. The molecule has 0 spiro atoms. The molecular weight excluding hydrogens is 374 g/mol. The van der Waals surface area contributed by atoms with E-state index in [9.17, 15) is 4.79 Å². The normalized spacial score (nSPS) is 22.7. The van der Waals surface area contributed by atoms with Gasteiger partial charge in [0.15, 0.2) is 0 Å². The third kappa shape index (κ3) is 3.00. The molecule has 2 aliphatic rings. The van der Waals surface area contributed by atoms with Crippen molar-refractivity contribution in [3.63, 3.8) is 0 Å². The van der Waals surface area contributed by atoms with E-state index in [0.29, 0.717) is 6.42 Å². The van der Waals surface area contributed by atoms with Crippen LogP contribution >= 0.6 is 27.9 Å². The number of amides is 1. The van der Waals surface area contributed by atoms with Gasteiger partial charge in [-0.3, -0.25) is 9.52 Å². The van der Waals surface area contributed by atoms with Crippen LogP contribution in [0.2, 0.25) is 0 Å². The summed E-state index contributed by atoms with van der Waals surface area (Å²) in [6.07, 6.45) is 2.73. The first-order valence-corrected chi connectivity index (χ1v) is 9.36. The Morgan fingerprint density at radius 2 is 2.00 bits per heavy atom. The number of carbonyl (C=O) groups is 1. The van der Waals surface area contributed by atoms with Crippen molar-refractivity contribution in [2.45, 2.75) is 30.6 Å². The molecule has 2 atom stereocenters. The summed E-state index contributed by atoms with van der Waals surface area (Å²) in [4.78, 5) is 11.3. The van der Waals surface area contributed by atoms with E-state index in [1.54, 1.807) is 0 Å². The van der Waals surface area contributed by atoms with Crippen molar-refractivity contribution >= 4 is 33.8 Å². The maximum Gasteiger partial charge on any atom is 0.231 e. The molecule has 23 heavy (non-hydrogen) atoms. The summed E-state index contributed by atoms with van der Waals surface area (Å²) in [5.41, 5.74) is 3.81. The van der Waals surface area contributed by atoms with E-state index in [0.717, 1.165) is 24.2 Å². The second-order valence-electron chi connectivity index (χ2n) is 5.86. The van der Waals surface area contributed by atoms with E-state index in [4.69, 9.17) is 4.74 Å². The van der Waals surface area contributed by atoms with Crippen molar-refractivity contribution in [3.8, 4) is 5.75 Å². The Kier molecular flexibility index (Phi) is 4.07. The first kappa shape index (κ1) is 15.1. The van der Waals surface area contributed by atoms with Gasteiger partial charge in [-0.25, -0.2) is 0 Å². The molecule has 0 saturated carbocycles. The lowest BCUT2D eigenvalue weighted by Gasteiger charge is -2.16. The van der Waals surface area contributed by atoms with Gasteiger partial charge in [0.05, 0.1) is 5.25 Å². The van der Waals surface area contributed by atoms with Crippen LogP contribution in [0.4, 0.5) is 0 Å². The highest BCUT2D eigenvalue weighted by atomic mass is 79.9. The maximum atomic E-state index is 11.3. The standard InChI is InChI=1S/C18H16BrNO2S/c19-15-3-1-2-14-13(15)8-9-16(14)22-12-6-4-11(5-7-12)17-10-18(21)20-23-17/h1-7,16-17H,8-10H2,(H,20,21)/t16-,17?/m1/s1. The molecule has 118 valence electrons. The lowest BCUT2D eigenvalue weighted by Crippen LogP contribution is -2.05. The molecule has 0 radical (unpaired) electrons. The van der Waals surface area contributed by atoms with E-state index in [1.165, 1.54) is 27.5 Å². The molecule has 5 heteroatoms. The first-order chi connectivity index (χ1) is 11.2. The van der Waals surface area contributed by atoms with E-state index in [-0.39, 0.29) is 17.3 Å². The highest BCUT2D eigenvalue weighted by Crippen LogP contribution is 2.39. The number of ether oxygens (including phenoxy) is 1. The van der Waals surface area contributed by atoms with Crippen molar-refractivity contribution < 1.29 is 9.53 Å². The van der Waals surface area contributed by atoms with Gasteiger partial charge in [0.2, 0.25) is 5.91 Å². The molecule has 1 amide bonds. The minimum absolute atomic E-state index is 0.105. The smallest absolute Gasteiger partial charge is 0.231 e. The average molecular weight is 390 g/mol. The topological polar surface area (TPSA) is 38.3 Å². The molecule has 0 bridgehead atoms. The van der Waals surface area contributed by atoms with Crippen LogP contribution in [0.25, 0.3) is 0 Å². The molecule has 0 aromatic heterocycles. The summed E-state index contributed by atoms with van der Waals surface area (Å²) in [7, 11) is 0. The predicted octanol–water partition coefficient (Wildman–Crippen LogP) is 4.72. The molecule has 1 heterocycles. The van der Waals surface area contributed by atoms with E-state index in [1.807, 2.05) is 12.1 Å². The monoisotopic (exact) mass is 389 g/mol. The van der Waals surface area contributed by atoms with Crippen molar-refractivity contribution in [2.24, 2.45) is 0 Å². The number of rotatable bonds is 3. The fourth-order valence-electron chi connectivity index (χ4n) is 3.19. The fourth-order valence-corrected chi connectivity index (χ4v) is 4.66. The van der Waals surface area contributed by atoms with Crippen LogP contribution in [0.5, 0.6) is 5.75 Å². The summed E-state index contributed by atoms with van der Waals surface area (Å²) in [6, 6.07) is 14.4. The molecule has 3 nitrogen and oxygen atoms in total. The van der Waals surface area contributed by atoms with Gasteiger partial charge < -0.3 is 4.74 Å². The minimum Gasteiger partial charge on any atom is -0.486 e. The van der Waals surface area contributed by atoms with Crippen molar-refractivity contribution in [2.75, 3.05) is 0 Å². The van der Waals surface area contributed by atoms with E-state index >= 15 is 0 Å². The number of fused-ring (bicyclic) bond motifs is 1. The molecule has 1 N–H and O–H groups in total. The lowest BCUT2D eigenvalue weighted by molar-refractivity contribution is -0.118. The lowest BCUT2D eigenvalue weighted by atomic mass is 10.1. The summed E-state index contributed by atoms with van der Waals surface area (Å²) in [5, 5.41) is 0.208. The van der Waals surface area contributed by atoms with Gasteiger partial charge in [-0.05, 0) is 59.7 Å². The largest absolute Gasteiger partial charge is 0.486 e. The van der Waals surface area contributed by atoms with Gasteiger partial charge in [0.25, 0.3) is 0 Å². The van der Waals surface area contributed by atoms with Crippen LogP contribution < -0.4 is 9.46 Å². The number of hydrogen-bond acceptors (Lipinski definition) is 3. The highest BCUT2D eigenvalue weighted by molar-refractivity contribution is 9.10. The molecular formula is C18H16BrNO2S. The van der Waals surface area contributed by atoms with Crippen LogP contribution in [-0.4, -0.2) is 5.91 Å². The van der Waals surface area contributed by atoms with E-state index in [2.05, 4.69) is 51.0 Å². The average Bonchev–Trinajstić information content (AvgIpc) is 3.16. The molecule has 2 aromatic carbocycles. The molecule has 1 fully saturated rings. The van der Waals surface area contributed by atoms with Crippen LogP contribution in [0.3, 0.4) is 0 Å². The maximum absolute atomic E-state index is 11.3. The van der Waals surface area contributed by atoms with Crippen molar-refractivity contribution in [1.29, 1.82) is 0 Å². The summed E-state index contributed by atoms with van der Waals surface area (Å²) in [5.74, 6) is 0.988. The van der Waals surface area contributed by atoms with E-state index < -0.39 is 0 Å². The number of carbonyl (C=O) groups excluding carboxylic acids is 1. The van der Waals surface area contributed by atoms with Crippen LogP contribution in [0.1, 0.15) is 40.9 Å². The number of benzene rings is 2. The van der Waals surface area contributed by atoms with Gasteiger partial charge in [0, 0.05) is 10.9 Å². The van der Waals surface area contributed by atoms with Gasteiger partial charge in [-0.1, -0.05) is 40.2 Å². The van der Waals surface area contributed by atoms with Gasteiger partial charge in [-0.2, -0.15) is 0 Å². The van der Waals surface area contributed by atoms with Gasteiger partial charge in [-0.15, -0.1) is 0 Å². The zero-order chi connectivity index (χ0) is 15.8. The van der Waals surface area contributed by atoms with Crippen LogP contribution in [0, 0.1) is 0 Å². The third-order valence-corrected chi connectivity index (χ3v) is 6.19. The third-order valence-electron chi connectivity index (χ3n) is 4.37. The molecule has 2 aromatic rings. The molecule has 4 rings (SSSR count). The highest BCUT2D eigenvalue weighted by Gasteiger charge is 2.26. The molecule has 1 aliphatic heterocycles. The molecule has 1 aliphatic carbocycles.